The number of nitrogen functional groups attached to an aromatic ring is 1. The molecule has 1 spiro atoms. The lowest BCUT2D eigenvalue weighted by Gasteiger charge is -2.47. The van der Waals surface area contributed by atoms with Gasteiger partial charge in [0.25, 0.3) is 0 Å². The lowest BCUT2D eigenvalue weighted by Crippen LogP contribution is -3.14. The highest BCUT2D eigenvalue weighted by atomic mass is 16.6. The van der Waals surface area contributed by atoms with Gasteiger partial charge >= 0.3 is 5.97 Å². The van der Waals surface area contributed by atoms with Crippen molar-refractivity contribution >= 4 is 24.0 Å². The number of hydrogen-bond acceptors (Lipinski definition) is 13. The number of nitrogens with two attached hydrogens (primary N) is 1. The quantitative estimate of drug-likeness (QED) is 0.0432. The number of ether oxygens (including phenoxy) is 4. The molecule has 1 unspecified atom stereocenters. The maximum Gasteiger partial charge on any atom is 0.302 e. The highest BCUT2D eigenvalue weighted by Gasteiger charge is 2.47. The van der Waals surface area contributed by atoms with Gasteiger partial charge in [0.1, 0.15) is 36.5 Å². The number of nitrogens with zero attached hydrogens (tertiary/aromatic N) is 4. The Morgan fingerprint density at radius 3 is 2.72 bits per heavy atom. The number of anilines is 1. The van der Waals surface area contributed by atoms with Gasteiger partial charge in [-0.25, -0.2) is 4.98 Å². The summed E-state index contributed by atoms with van der Waals surface area (Å²) in [5.74, 6) is 0.926. The molecule has 2 aromatic carbocycles. The fourth-order valence-electron chi connectivity index (χ4n) is 10.2. The van der Waals surface area contributed by atoms with Gasteiger partial charge in [0.2, 0.25) is 5.75 Å². The Bertz CT molecular complexity index is 2530. The summed E-state index contributed by atoms with van der Waals surface area (Å²) >= 11 is 0. The van der Waals surface area contributed by atoms with Crippen LogP contribution in [0.4, 0.5) is 5.82 Å². The molecule has 16 heteroatoms. The van der Waals surface area contributed by atoms with Crippen LogP contribution in [0.1, 0.15) is 93.1 Å². The summed E-state index contributed by atoms with van der Waals surface area (Å²) in [5.41, 5.74) is 11.6. The number of pyridine rings is 2. The molecule has 2 aromatic heterocycles. The van der Waals surface area contributed by atoms with Crippen molar-refractivity contribution in [2.75, 3.05) is 25.4 Å². The molecule has 3 fully saturated rings. The number of carbonyl (C=O) groups excluding carboxylic acids is 1. The van der Waals surface area contributed by atoms with E-state index in [-0.39, 0.29) is 59.5 Å². The summed E-state index contributed by atoms with van der Waals surface area (Å²) in [6.07, 6.45) is 18.8. The minimum atomic E-state index is -0.540. The van der Waals surface area contributed by atoms with Gasteiger partial charge in [-0.1, -0.05) is 12.1 Å². The Hall–Kier alpha value is -6.65. The van der Waals surface area contributed by atoms with Crippen LogP contribution in [0.2, 0.25) is 0 Å². The van der Waals surface area contributed by atoms with E-state index in [1.54, 1.807) is 30.7 Å². The number of aryl methyl sites for hydroxylation is 2. The number of nitrogens with one attached hydrogen (secondary N) is 3. The molecule has 6 heterocycles. The zero-order chi connectivity index (χ0) is 46.3. The number of phenols is 3. The molecule has 67 heavy (non-hydrogen) atoms. The molecular formula is C51H61N8O8+. The van der Waals surface area contributed by atoms with E-state index in [2.05, 4.69) is 37.9 Å². The average molecular weight is 914 g/mol. The van der Waals surface area contributed by atoms with Crippen LogP contribution in [0.3, 0.4) is 0 Å². The highest BCUT2D eigenvalue weighted by Crippen LogP contribution is 2.43. The fourth-order valence-corrected chi connectivity index (χ4v) is 10.2. The van der Waals surface area contributed by atoms with E-state index in [0.29, 0.717) is 55.8 Å². The monoisotopic (exact) mass is 913 g/mol. The lowest BCUT2D eigenvalue weighted by atomic mass is 9.76. The molecule has 7 atom stereocenters. The Labute approximate surface area is 390 Å². The topological polar surface area (TPSA) is 220 Å². The summed E-state index contributed by atoms with van der Waals surface area (Å²) in [7, 11) is 0. The van der Waals surface area contributed by atoms with Gasteiger partial charge in [-0.2, -0.15) is 0 Å². The van der Waals surface area contributed by atoms with Crippen molar-refractivity contribution in [3.05, 3.63) is 119 Å². The van der Waals surface area contributed by atoms with Crippen LogP contribution in [-0.4, -0.2) is 93.1 Å². The first-order valence-corrected chi connectivity index (χ1v) is 23.5. The van der Waals surface area contributed by atoms with E-state index in [9.17, 15) is 20.1 Å². The van der Waals surface area contributed by atoms with Gasteiger partial charge in [0.05, 0.1) is 24.4 Å². The van der Waals surface area contributed by atoms with Gasteiger partial charge in [0.15, 0.2) is 35.1 Å². The molecule has 0 amide bonds. The second-order valence-corrected chi connectivity index (χ2v) is 18.5. The summed E-state index contributed by atoms with van der Waals surface area (Å²) in [4.78, 5) is 31.4. The van der Waals surface area contributed by atoms with Crippen LogP contribution in [0.25, 0.3) is 0 Å². The number of quaternary nitrogens is 1. The largest absolute Gasteiger partial charge is 0.504 e. The number of phenolic OH excluding ortho intramolecular Hbond substituents is 3. The molecular weight excluding hydrogens is 853 g/mol. The number of carbonyl (C=O) groups is 1. The third kappa shape index (κ3) is 11.5. The van der Waals surface area contributed by atoms with E-state index in [4.69, 9.17) is 29.7 Å². The van der Waals surface area contributed by atoms with Crippen molar-refractivity contribution in [3.63, 3.8) is 0 Å². The first-order chi connectivity index (χ1) is 32.5. The Morgan fingerprint density at radius 1 is 0.985 bits per heavy atom. The summed E-state index contributed by atoms with van der Waals surface area (Å²) in [6.45, 7) is 3.16. The molecule has 1 saturated carbocycles. The molecule has 4 aliphatic heterocycles. The van der Waals surface area contributed by atoms with E-state index in [1.165, 1.54) is 23.5 Å². The smallest absolute Gasteiger partial charge is 0.302 e. The molecule has 8 N–H and O–H groups in total. The number of fused-ring (bicyclic) bond motifs is 1. The van der Waals surface area contributed by atoms with Crippen LogP contribution in [-0.2, 0) is 33.5 Å². The number of aromatic nitrogens is 2. The van der Waals surface area contributed by atoms with Crippen LogP contribution >= 0.6 is 0 Å². The molecule has 352 valence electrons. The number of aromatic hydroxyl groups is 3. The third-order valence-corrected chi connectivity index (χ3v) is 13.4. The number of rotatable bonds is 16. The van der Waals surface area contributed by atoms with Gasteiger partial charge in [0, 0.05) is 76.0 Å². The van der Waals surface area contributed by atoms with E-state index >= 15 is 0 Å². The lowest BCUT2D eigenvalue weighted by molar-refractivity contribution is -0.869. The molecule has 16 nitrogen and oxygen atoms in total. The average Bonchev–Trinajstić information content (AvgIpc) is 3.93. The van der Waals surface area contributed by atoms with Crippen LogP contribution in [0, 0.1) is 0 Å². The summed E-state index contributed by atoms with van der Waals surface area (Å²) in [5, 5.41) is 40.1. The highest BCUT2D eigenvalue weighted by molar-refractivity contribution is 5.82. The molecule has 2 saturated heterocycles. The molecule has 1 aliphatic carbocycles. The van der Waals surface area contributed by atoms with E-state index in [1.807, 2.05) is 42.6 Å². The molecule has 0 bridgehead atoms. The normalized spacial score (nSPS) is 26.0. The van der Waals surface area contributed by atoms with Crippen LogP contribution < -0.4 is 30.7 Å². The molecule has 5 aliphatic rings. The predicted molar refractivity (Wildman–Crippen MR) is 252 cm³/mol. The Balaban J connectivity index is 0.852. The molecule has 0 radical (unpaired) electrons. The van der Waals surface area contributed by atoms with Crippen molar-refractivity contribution in [2.24, 2.45) is 9.98 Å². The third-order valence-electron chi connectivity index (χ3n) is 13.4. The predicted octanol–water partition coefficient (Wildman–Crippen LogP) is 5.29. The van der Waals surface area contributed by atoms with Crippen molar-refractivity contribution in [2.45, 2.75) is 120 Å². The van der Waals surface area contributed by atoms with Gasteiger partial charge in [-0.05, 0) is 116 Å². The van der Waals surface area contributed by atoms with Crippen molar-refractivity contribution in [1.82, 2.24) is 20.6 Å². The number of aliphatic imine (C=N–C) groups is 2. The second-order valence-electron chi connectivity index (χ2n) is 18.5. The van der Waals surface area contributed by atoms with E-state index < -0.39 is 12.2 Å². The van der Waals surface area contributed by atoms with Crippen molar-refractivity contribution in [3.8, 4) is 28.7 Å². The first-order valence-electron chi connectivity index (χ1n) is 23.5. The maximum absolute atomic E-state index is 12.2. The van der Waals surface area contributed by atoms with Crippen LogP contribution in [0.15, 0.2) is 107 Å². The minimum absolute atomic E-state index is 0.0840. The number of allylic oxidation sites excluding steroid dienone is 1. The summed E-state index contributed by atoms with van der Waals surface area (Å²) in [6, 6.07) is 16.4. The van der Waals surface area contributed by atoms with Gasteiger partial charge in [-0.3, -0.25) is 24.7 Å². The second kappa shape index (κ2) is 20.5. The number of guanidine groups is 1. The number of esters is 1. The fraction of sp³-hybridized carbons (Fsp3) is 0.431. The van der Waals surface area contributed by atoms with Crippen molar-refractivity contribution in [1.29, 1.82) is 0 Å². The Morgan fingerprint density at radius 2 is 1.88 bits per heavy atom. The van der Waals surface area contributed by atoms with Gasteiger partial charge < -0.3 is 50.6 Å². The van der Waals surface area contributed by atoms with Gasteiger partial charge in [-0.15, -0.1) is 0 Å². The minimum Gasteiger partial charge on any atom is -0.504 e. The first kappa shape index (κ1) is 45.5. The number of benzene rings is 2. The number of hydrogen-bond donors (Lipinski definition) is 7. The summed E-state index contributed by atoms with van der Waals surface area (Å²) < 4.78 is 25.0. The van der Waals surface area contributed by atoms with Crippen LogP contribution in [0.5, 0.6) is 28.7 Å². The standard InChI is InChI=1S/C51H60N8O8/c1-32(60)65-40-25-38(66-44(26-40)37-23-43(62)49(63)46(24-37)64-20-14-35-6-3-16-53-29-35)10-8-34-9-11-42(61)45(21-34)67-39-7-2-15-51(27-39)28-48(59-30-36-13-19-54-41(36)31-59)57-50(58-51)56-17-4-5-33-12-18-55-47(52)22-33/h3,6,9,11-13,16,18-19,21-24,29,31,38-40,44,48,61-63H,2,4-5,7-8,10,14-15,17,20,25-28,30H2,1H3,(H2,52,55)(H2,56,57,58)/p+1/t38-,39+,40+,44-,48-,51+/m0/s1. The zero-order valence-corrected chi connectivity index (χ0v) is 37.9. The maximum atomic E-state index is 12.2. The van der Waals surface area contributed by atoms with E-state index in [0.717, 1.165) is 79.8 Å². The SMILES string of the molecule is CC(=O)O[C@@H]1C[C@H](CCc2ccc(O)c(O[C@@H]3CCC[C@@]4(C3)C[C@H]([NH+]3C=C5N=CC=C5C3)NC(=NCCCc3ccnc(N)c3)N4)c2)O[C@H](c2cc(O)c(O)c(OCCc3cccnc3)c2)C1. The van der Waals surface area contributed by atoms with Crippen molar-refractivity contribution < 1.29 is 44.0 Å². The zero-order valence-electron chi connectivity index (χ0n) is 37.9. The molecule has 9 rings (SSSR count). The molecule has 4 aromatic rings. The Kier molecular flexibility index (Phi) is 13.9.